The second kappa shape index (κ2) is 8.24. The molecule has 2 amide bonds. The highest BCUT2D eigenvalue weighted by atomic mass is 35.5. The summed E-state index contributed by atoms with van der Waals surface area (Å²) in [6, 6.07) is 10.7. The Morgan fingerprint density at radius 1 is 1.26 bits per heavy atom. The van der Waals surface area contributed by atoms with Crippen LogP contribution >= 0.6 is 11.6 Å². The second-order valence-electron chi connectivity index (χ2n) is 6.54. The van der Waals surface area contributed by atoms with Gasteiger partial charge in [-0.15, -0.1) is 0 Å². The molecule has 2 N–H and O–H groups in total. The van der Waals surface area contributed by atoms with Crippen molar-refractivity contribution in [3.63, 3.8) is 0 Å². The first kappa shape index (κ1) is 21.1. The van der Waals surface area contributed by atoms with E-state index in [-0.39, 0.29) is 10.8 Å². The van der Waals surface area contributed by atoms with Gasteiger partial charge in [0.15, 0.2) is 0 Å². The maximum Gasteiger partial charge on any atom is 0.335 e. The number of benzene rings is 1. The Labute approximate surface area is 164 Å². The van der Waals surface area contributed by atoms with Gasteiger partial charge in [-0.05, 0) is 38.5 Å². The number of rotatable bonds is 6. The van der Waals surface area contributed by atoms with E-state index >= 15 is 0 Å². The van der Waals surface area contributed by atoms with Crippen molar-refractivity contribution in [1.29, 1.82) is 0 Å². The van der Waals surface area contributed by atoms with Crippen LogP contribution in [0.4, 0.5) is 10.5 Å². The summed E-state index contributed by atoms with van der Waals surface area (Å²) in [5.74, 6) is 0. The minimum Gasteiger partial charge on any atom is -0.384 e. The molecule has 1 heterocycles. The van der Waals surface area contributed by atoms with Gasteiger partial charge in [-0.25, -0.2) is 22.5 Å². The molecule has 1 atom stereocenters. The first-order valence-corrected chi connectivity index (χ1v) is 10.1. The van der Waals surface area contributed by atoms with Crippen molar-refractivity contribution in [3.05, 3.63) is 59.4 Å². The third kappa shape index (κ3) is 5.18. The van der Waals surface area contributed by atoms with Crippen LogP contribution in [0.15, 0.2) is 48.7 Å². The zero-order valence-electron chi connectivity index (χ0n) is 15.3. The molecule has 0 fully saturated rings. The molecule has 146 valence electrons. The van der Waals surface area contributed by atoms with Crippen LogP contribution in [0, 0.1) is 0 Å². The number of aliphatic hydroxyl groups is 1. The van der Waals surface area contributed by atoms with E-state index in [0.717, 1.165) is 0 Å². The summed E-state index contributed by atoms with van der Waals surface area (Å²) in [6.45, 7) is 3.96. The number of hydrogen-bond donors (Lipinski definition) is 2. The van der Waals surface area contributed by atoms with Crippen molar-refractivity contribution < 1.29 is 18.3 Å². The summed E-state index contributed by atoms with van der Waals surface area (Å²) in [5, 5.41) is 12.7. The number of nitrogens with zero attached hydrogens (tertiary/aromatic N) is 2. The fourth-order valence-electron chi connectivity index (χ4n) is 2.34. The number of halogens is 1. The molecule has 1 aromatic carbocycles. The van der Waals surface area contributed by atoms with Gasteiger partial charge in [0, 0.05) is 0 Å². The molecule has 27 heavy (non-hydrogen) atoms. The summed E-state index contributed by atoms with van der Waals surface area (Å²) in [5.41, 5.74) is -0.790. The van der Waals surface area contributed by atoms with Crippen LogP contribution < -0.4 is 5.32 Å². The molecule has 0 aliphatic heterocycles. The molecule has 2 rings (SSSR count). The number of urea groups is 1. The van der Waals surface area contributed by atoms with Crippen LogP contribution in [0.25, 0.3) is 0 Å². The maximum absolute atomic E-state index is 12.7. The van der Waals surface area contributed by atoms with Crippen molar-refractivity contribution in [2.75, 3.05) is 11.9 Å². The molecule has 7 nitrogen and oxygen atoms in total. The minimum absolute atomic E-state index is 0.242. The molecule has 2 aromatic rings. The van der Waals surface area contributed by atoms with Crippen molar-refractivity contribution in [2.24, 2.45) is 0 Å². The first-order valence-electron chi connectivity index (χ1n) is 8.26. The number of carbonyl (C=O) groups excluding carboxylic acids is 1. The number of hydrogen-bond acceptors (Lipinski definition) is 5. The maximum atomic E-state index is 12.7. The summed E-state index contributed by atoms with van der Waals surface area (Å²) < 4.78 is 26.1. The molecular formula is C18H22ClN3O4S. The summed E-state index contributed by atoms with van der Waals surface area (Å²) in [7, 11) is -3.99. The van der Waals surface area contributed by atoms with E-state index in [1.165, 1.54) is 39.1 Å². The molecule has 9 heteroatoms. The zero-order valence-corrected chi connectivity index (χ0v) is 16.8. The zero-order chi connectivity index (χ0) is 20.2. The van der Waals surface area contributed by atoms with Crippen LogP contribution in [-0.2, 0) is 15.6 Å². The lowest BCUT2D eigenvalue weighted by Gasteiger charge is -2.32. The Hall–Kier alpha value is -2.16. The Morgan fingerprint density at radius 2 is 1.89 bits per heavy atom. The fourth-order valence-corrected chi connectivity index (χ4v) is 3.66. The molecule has 0 aliphatic carbocycles. The van der Waals surface area contributed by atoms with Crippen LogP contribution in [-0.4, -0.2) is 40.6 Å². The van der Waals surface area contributed by atoms with Gasteiger partial charge in [0.05, 0.1) is 23.7 Å². The minimum atomic E-state index is -3.99. The van der Waals surface area contributed by atoms with Crippen LogP contribution in [0.5, 0.6) is 0 Å². The van der Waals surface area contributed by atoms with Crippen molar-refractivity contribution in [2.45, 2.75) is 31.6 Å². The number of sulfonamides is 1. The highest BCUT2D eigenvalue weighted by Gasteiger charge is 2.37. The van der Waals surface area contributed by atoms with Crippen LogP contribution in [0.2, 0.25) is 5.15 Å². The smallest absolute Gasteiger partial charge is 0.335 e. The molecule has 0 spiro atoms. The van der Waals surface area contributed by atoms with Gasteiger partial charge in [0.1, 0.15) is 10.8 Å². The number of amides is 2. The Bertz CT molecular complexity index is 885. The predicted octanol–water partition coefficient (Wildman–Crippen LogP) is 3.21. The lowest BCUT2D eigenvalue weighted by molar-refractivity contribution is 0.0438. The highest BCUT2D eigenvalue weighted by Crippen LogP contribution is 2.25. The van der Waals surface area contributed by atoms with E-state index in [1.54, 1.807) is 30.3 Å². The molecule has 1 unspecified atom stereocenters. The van der Waals surface area contributed by atoms with Crippen molar-refractivity contribution in [1.82, 2.24) is 9.29 Å². The van der Waals surface area contributed by atoms with E-state index in [2.05, 4.69) is 10.3 Å². The van der Waals surface area contributed by atoms with Gasteiger partial charge in [-0.3, -0.25) is 0 Å². The second-order valence-corrected chi connectivity index (χ2v) is 9.34. The SMILES string of the molecule is CC(C)S(=O)(=O)N(CC(C)(O)c1ccccc1)C(=O)Nc1ccc(Cl)nc1. The summed E-state index contributed by atoms with van der Waals surface area (Å²) >= 11 is 5.72. The lowest BCUT2D eigenvalue weighted by atomic mass is 9.96. The predicted molar refractivity (Wildman–Crippen MR) is 105 cm³/mol. The Kier molecular flexibility index (Phi) is 6.46. The van der Waals surface area contributed by atoms with Gasteiger partial charge in [-0.1, -0.05) is 41.9 Å². The highest BCUT2D eigenvalue weighted by molar-refractivity contribution is 7.90. The summed E-state index contributed by atoms with van der Waals surface area (Å²) in [6.07, 6.45) is 1.32. The standard InChI is InChI=1S/C18H22ClN3O4S/c1-13(2)27(25,26)22(12-18(3,24)14-7-5-4-6-8-14)17(23)21-15-9-10-16(19)20-11-15/h4-11,13,24H,12H2,1-3H3,(H,21,23). The van der Waals surface area contributed by atoms with Gasteiger partial charge < -0.3 is 10.4 Å². The number of carbonyl (C=O) groups is 1. The Balaban J connectivity index is 2.34. The van der Waals surface area contributed by atoms with Crippen molar-refractivity contribution >= 4 is 33.3 Å². The third-order valence-electron chi connectivity index (χ3n) is 3.96. The van der Waals surface area contributed by atoms with E-state index in [9.17, 15) is 18.3 Å². The van der Waals surface area contributed by atoms with Crippen LogP contribution in [0.3, 0.4) is 0 Å². The third-order valence-corrected chi connectivity index (χ3v) is 6.28. The van der Waals surface area contributed by atoms with Crippen LogP contribution in [0.1, 0.15) is 26.3 Å². The molecule has 1 aromatic heterocycles. The average Bonchev–Trinajstić information content (AvgIpc) is 2.62. The normalized spacial score (nSPS) is 13.9. The topological polar surface area (TPSA) is 99.6 Å². The van der Waals surface area contributed by atoms with Gasteiger partial charge in [-0.2, -0.15) is 0 Å². The first-order chi connectivity index (χ1) is 12.5. The molecule has 0 radical (unpaired) electrons. The van der Waals surface area contributed by atoms with E-state index in [1.807, 2.05) is 0 Å². The molecule has 0 bridgehead atoms. The largest absolute Gasteiger partial charge is 0.384 e. The monoisotopic (exact) mass is 411 g/mol. The van der Waals surface area contributed by atoms with Gasteiger partial charge in [0.2, 0.25) is 10.0 Å². The van der Waals surface area contributed by atoms with Crippen molar-refractivity contribution in [3.8, 4) is 0 Å². The molecular weight excluding hydrogens is 390 g/mol. The summed E-state index contributed by atoms with van der Waals surface area (Å²) in [4.78, 5) is 16.6. The van der Waals surface area contributed by atoms with Gasteiger partial charge in [0.25, 0.3) is 0 Å². The van der Waals surface area contributed by atoms with E-state index in [4.69, 9.17) is 11.6 Å². The fraction of sp³-hybridized carbons (Fsp3) is 0.333. The van der Waals surface area contributed by atoms with E-state index in [0.29, 0.717) is 9.87 Å². The number of nitrogens with one attached hydrogen (secondary N) is 1. The lowest BCUT2D eigenvalue weighted by Crippen LogP contribution is -2.49. The number of pyridine rings is 1. The average molecular weight is 412 g/mol. The number of aromatic nitrogens is 1. The van der Waals surface area contributed by atoms with Gasteiger partial charge >= 0.3 is 6.03 Å². The van der Waals surface area contributed by atoms with E-state index < -0.39 is 33.5 Å². The Morgan fingerprint density at radius 3 is 2.41 bits per heavy atom. The molecule has 0 aliphatic rings. The quantitative estimate of drug-likeness (QED) is 0.711. The molecule has 0 saturated heterocycles. The molecule has 0 saturated carbocycles. The number of anilines is 1.